The van der Waals surface area contributed by atoms with Gasteiger partial charge in [0.2, 0.25) is 0 Å². The summed E-state index contributed by atoms with van der Waals surface area (Å²) in [5.41, 5.74) is -0.463. The van der Waals surface area contributed by atoms with Crippen molar-refractivity contribution >= 4 is 8.80 Å². The normalized spacial score (nSPS) is 17.2. The van der Waals surface area contributed by atoms with Gasteiger partial charge in [0, 0.05) is 19.8 Å². The molecule has 0 aliphatic carbocycles. The first-order chi connectivity index (χ1) is 9.02. The molecule has 0 aliphatic heterocycles. The molecule has 3 atom stereocenters. The van der Waals surface area contributed by atoms with Crippen LogP contribution in [0.1, 0.15) is 34.1 Å². The zero-order chi connectivity index (χ0) is 14.9. The van der Waals surface area contributed by atoms with E-state index in [4.69, 9.17) is 18.4 Å². The third-order valence-electron chi connectivity index (χ3n) is 2.92. The predicted octanol–water partition coefficient (Wildman–Crippen LogP) is 0.529. The summed E-state index contributed by atoms with van der Waals surface area (Å²) in [4.78, 5) is 0. The van der Waals surface area contributed by atoms with E-state index in [0.29, 0.717) is 26.2 Å². The second-order valence-electron chi connectivity index (χ2n) is 4.16. The van der Waals surface area contributed by atoms with Crippen LogP contribution in [0.15, 0.2) is 0 Å². The second-order valence-corrected chi connectivity index (χ2v) is 6.97. The van der Waals surface area contributed by atoms with Gasteiger partial charge in [-0.25, -0.2) is 0 Å². The Kier molecular flexibility index (Phi) is 9.80. The highest BCUT2D eigenvalue weighted by Gasteiger charge is 2.52. The second kappa shape index (κ2) is 9.81. The lowest BCUT2D eigenvalue weighted by atomic mass is 10.1. The van der Waals surface area contributed by atoms with E-state index in [1.54, 1.807) is 0 Å². The van der Waals surface area contributed by atoms with Gasteiger partial charge in [-0.1, -0.05) is 6.92 Å². The molecule has 0 spiro atoms. The lowest BCUT2D eigenvalue weighted by Gasteiger charge is -2.38. The minimum absolute atomic E-state index is 0.407. The predicted molar refractivity (Wildman–Crippen MR) is 73.8 cm³/mol. The third-order valence-corrected chi connectivity index (χ3v) is 6.66. The molecule has 0 rings (SSSR count). The van der Waals surface area contributed by atoms with E-state index in [0.717, 1.165) is 0 Å². The van der Waals surface area contributed by atoms with E-state index in [1.807, 2.05) is 27.7 Å². The highest BCUT2D eigenvalue weighted by Crippen LogP contribution is 2.33. The van der Waals surface area contributed by atoms with Gasteiger partial charge in [0.15, 0.2) is 0 Å². The van der Waals surface area contributed by atoms with Gasteiger partial charge in [-0.2, -0.15) is 0 Å². The summed E-state index contributed by atoms with van der Waals surface area (Å²) in [5.74, 6) is 0. The topological polar surface area (TPSA) is 88.4 Å². The van der Waals surface area contributed by atoms with Gasteiger partial charge in [0.1, 0.15) is 6.10 Å². The summed E-state index contributed by atoms with van der Waals surface area (Å²) in [5, 5.41) is 28.8. The molecular formula is C12H28O6Si. The van der Waals surface area contributed by atoms with Crippen molar-refractivity contribution < 1.29 is 28.6 Å². The Bertz CT molecular complexity index is 211. The molecule has 19 heavy (non-hydrogen) atoms. The molecule has 0 saturated heterocycles. The van der Waals surface area contributed by atoms with Crippen molar-refractivity contribution in [2.24, 2.45) is 0 Å². The molecule has 6 nitrogen and oxygen atoms in total. The number of aliphatic hydroxyl groups excluding tert-OH is 3. The van der Waals surface area contributed by atoms with Crippen molar-refractivity contribution in [3.8, 4) is 0 Å². The van der Waals surface area contributed by atoms with E-state index in [1.165, 1.54) is 0 Å². The SMILES string of the molecule is CCO[Si](OCC)(OCC)C(CC)C(O)C(O)CO. The summed E-state index contributed by atoms with van der Waals surface area (Å²) in [6.07, 6.45) is -1.82. The number of hydrogen-bond acceptors (Lipinski definition) is 6. The Balaban J connectivity index is 5.23. The molecule has 0 aliphatic rings. The van der Waals surface area contributed by atoms with E-state index < -0.39 is 33.2 Å². The van der Waals surface area contributed by atoms with Crippen LogP contribution < -0.4 is 0 Å². The molecule has 0 fully saturated rings. The molecular weight excluding hydrogens is 268 g/mol. The molecule has 0 aromatic rings. The van der Waals surface area contributed by atoms with Crippen molar-refractivity contribution in [1.82, 2.24) is 0 Å². The average Bonchev–Trinajstić information content (AvgIpc) is 2.39. The van der Waals surface area contributed by atoms with Crippen LogP contribution in [0.4, 0.5) is 0 Å². The molecule has 0 saturated carbocycles. The van der Waals surface area contributed by atoms with Gasteiger partial charge >= 0.3 is 8.80 Å². The van der Waals surface area contributed by atoms with Gasteiger partial charge in [-0.3, -0.25) is 0 Å². The van der Waals surface area contributed by atoms with Crippen LogP contribution in [0.2, 0.25) is 5.54 Å². The van der Waals surface area contributed by atoms with Crippen molar-refractivity contribution in [1.29, 1.82) is 0 Å². The fourth-order valence-corrected chi connectivity index (χ4v) is 5.37. The quantitative estimate of drug-likeness (QED) is 0.482. The number of rotatable bonds is 11. The highest BCUT2D eigenvalue weighted by atomic mass is 28.4. The third kappa shape index (κ3) is 5.11. The molecule has 0 radical (unpaired) electrons. The Morgan fingerprint density at radius 1 is 0.895 bits per heavy atom. The molecule has 0 bridgehead atoms. The van der Waals surface area contributed by atoms with Crippen LogP contribution in [0.5, 0.6) is 0 Å². The molecule has 0 heterocycles. The average molecular weight is 296 g/mol. The largest absolute Gasteiger partial charge is 0.506 e. The Morgan fingerprint density at radius 2 is 1.32 bits per heavy atom. The van der Waals surface area contributed by atoms with Crippen LogP contribution in [0.25, 0.3) is 0 Å². The first-order valence-electron chi connectivity index (χ1n) is 6.91. The Hall–Kier alpha value is -0.0231. The van der Waals surface area contributed by atoms with Gasteiger partial charge in [-0.15, -0.1) is 0 Å². The monoisotopic (exact) mass is 296 g/mol. The summed E-state index contributed by atoms with van der Waals surface area (Å²) >= 11 is 0. The van der Waals surface area contributed by atoms with Crippen LogP contribution in [-0.4, -0.2) is 62.8 Å². The fourth-order valence-electron chi connectivity index (χ4n) is 2.13. The lowest BCUT2D eigenvalue weighted by molar-refractivity contribution is -0.0389. The summed E-state index contributed by atoms with van der Waals surface area (Å²) in [6, 6.07) is 0. The Morgan fingerprint density at radius 3 is 1.58 bits per heavy atom. The van der Waals surface area contributed by atoms with Crippen LogP contribution >= 0.6 is 0 Å². The minimum atomic E-state index is -3.09. The van der Waals surface area contributed by atoms with Crippen molar-refractivity contribution in [3.05, 3.63) is 0 Å². The van der Waals surface area contributed by atoms with Gasteiger partial charge in [0.25, 0.3) is 0 Å². The zero-order valence-electron chi connectivity index (χ0n) is 12.3. The van der Waals surface area contributed by atoms with Crippen LogP contribution in [-0.2, 0) is 13.3 Å². The van der Waals surface area contributed by atoms with Crippen LogP contribution in [0.3, 0.4) is 0 Å². The molecule has 3 N–H and O–H groups in total. The maximum atomic E-state index is 10.2. The number of aliphatic hydroxyl groups is 3. The van der Waals surface area contributed by atoms with Gasteiger partial charge in [-0.05, 0) is 27.2 Å². The van der Waals surface area contributed by atoms with E-state index in [9.17, 15) is 10.2 Å². The summed E-state index contributed by atoms with van der Waals surface area (Å²) in [7, 11) is -3.09. The first-order valence-corrected chi connectivity index (χ1v) is 8.71. The van der Waals surface area contributed by atoms with Crippen molar-refractivity contribution in [3.63, 3.8) is 0 Å². The molecule has 3 unspecified atom stereocenters. The Labute approximate surface area is 116 Å². The maximum Gasteiger partial charge on any atom is 0.506 e. The summed E-state index contributed by atoms with van der Waals surface area (Å²) < 4.78 is 17.2. The van der Waals surface area contributed by atoms with Crippen LogP contribution in [0, 0.1) is 0 Å². The molecule has 7 heteroatoms. The number of hydrogen-bond donors (Lipinski definition) is 3. The molecule has 0 aromatic heterocycles. The first kappa shape index (κ1) is 19.0. The van der Waals surface area contributed by atoms with Gasteiger partial charge in [0.05, 0.1) is 18.3 Å². The highest BCUT2D eigenvalue weighted by molar-refractivity contribution is 6.62. The van der Waals surface area contributed by atoms with E-state index >= 15 is 0 Å². The molecule has 0 amide bonds. The van der Waals surface area contributed by atoms with E-state index in [2.05, 4.69) is 0 Å². The van der Waals surface area contributed by atoms with E-state index in [-0.39, 0.29) is 0 Å². The molecule has 116 valence electrons. The standard InChI is InChI=1S/C12H28O6Si/c1-5-11(12(15)10(14)9-13)19(16-6-2,17-7-3)18-8-4/h10-15H,5-9H2,1-4H3. The fraction of sp³-hybridized carbons (Fsp3) is 1.00. The lowest BCUT2D eigenvalue weighted by Crippen LogP contribution is -2.56. The summed E-state index contributed by atoms with van der Waals surface area (Å²) in [6.45, 7) is 8.09. The van der Waals surface area contributed by atoms with Gasteiger partial charge < -0.3 is 28.6 Å². The van der Waals surface area contributed by atoms with Crippen molar-refractivity contribution in [2.75, 3.05) is 26.4 Å². The zero-order valence-corrected chi connectivity index (χ0v) is 13.3. The van der Waals surface area contributed by atoms with Crippen molar-refractivity contribution in [2.45, 2.75) is 51.9 Å². The minimum Gasteiger partial charge on any atom is -0.394 e. The molecule has 0 aromatic carbocycles. The maximum absolute atomic E-state index is 10.2. The smallest absolute Gasteiger partial charge is 0.394 e.